The maximum Gasteiger partial charge on any atom is 0.306 e. The van der Waals surface area contributed by atoms with Crippen LogP contribution in [0.2, 0.25) is 0 Å². The molecule has 0 saturated carbocycles. The fourth-order valence-corrected chi connectivity index (χ4v) is 5.40. The fourth-order valence-electron chi connectivity index (χ4n) is 5.40. The number of hydrogen-bond acceptors (Lipinski definition) is 6. The lowest BCUT2D eigenvalue weighted by atomic mass is 9.82. The van der Waals surface area contributed by atoms with Crippen LogP contribution in [-0.2, 0) is 16.1 Å². The molecule has 7 nitrogen and oxygen atoms in total. The van der Waals surface area contributed by atoms with Crippen molar-refractivity contribution >= 4 is 23.3 Å². The minimum absolute atomic E-state index is 0.0260. The van der Waals surface area contributed by atoms with Gasteiger partial charge in [0.1, 0.15) is 0 Å². The molecule has 0 bridgehead atoms. The highest BCUT2D eigenvalue weighted by molar-refractivity contribution is 5.94. The highest BCUT2D eigenvalue weighted by atomic mass is 16.5. The predicted octanol–water partition coefficient (Wildman–Crippen LogP) is 6.15. The molecule has 2 unspecified atom stereocenters. The molecule has 1 amide bonds. The second-order valence-corrected chi connectivity index (χ2v) is 9.97. The van der Waals surface area contributed by atoms with Gasteiger partial charge in [0.2, 0.25) is 0 Å². The third-order valence-corrected chi connectivity index (χ3v) is 7.50. The zero-order chi connectivity index (χ0) is 29.4. The number of nitrogens with zero attached hydrogens (tertiary/aromatic N) is 2. The summed E-state index contributed by atoms with van der Waals surface area (Å²) < 4.78 is 5.34. The molecule has 0 spiro atoms. The van der Waals surface area contributed by atoms with E-state index in [1.54, 1.807) is 5.01 Å². The fraction of sp³-hybridized carbons (Fsp3) is 0.394. The number of anilines is 2. The Labute approximate surface area is 239 Å². The number of benzene rings is 3. The van der Waals surface area contributed by atoms with Crippen molar-refractivity contribution in [2.45, 2.75) is 66.3 Å². The molecule has 1 aliphatic rings. The number of amides is 1. The molecule has 1 aliphatic heterocycles. The summed E-state index contributed by atoms with van der Waals surface area (Å²) in [6.07, 6.45) is 0.189. The van der Waals surface area contributed by atoms with Gasteiger partial charge in [-0.25, -0.2) is 5.84 Å². The Kier molecular flexibility index (Phi) is 10.7. The van der Waals surface area contributed by atoms with Crippen molar-refractivity contribution in [3.8, 4) is 0 Å². The van der Waals surface area contributed by atoms with Gasteiger partial charge in [-0.1, -0.05) is 63.2 Å². The minimum atomic E-state index is -0.263. The molecule has 40 heavy (non-hydrogen) atoms. The van der Waals surface area contributed by atoms with Crippen LogP contribution in [0.1, 0.15) is 91.1 Å². The minimum Gasteiger partial charge on any atom is -0.466 e. The first-order valence-corrected chi connectivity index (χ1v) is 14.3. The first kappa shape index (κ1) is 30.7. The van der Waals surface area contributed by atoms with E-state index >= 15 is 0 Å². The van der Waals surface area contributed by atoms with Crippen molar-refractivity contribution in [3.05, 3.63) is 94.0 Å². The van der Waals surface area contributed by atoms with Gasteiger partial charge in [-0.2, -0.15) is 0 Å². The number of ether oxygens (including phenoxy) is 1. The van der Waals surface area contributed by atoms with Gasteiger partial charge in [0.25, 0.3) is 5.91 Å². The summed E-state index contributed by atoms with van der Waals surface area (Å²) in [5, 5.41) is 1.62. The van der Waals surface area contributed by atoms with Crippen LogP contribution >= 0.6 is 0 Å². The zero-order valence-electron chi connectivity index (χ0n) is 24.7. The first-order chi connectivity index (χ1) is 19.2. The molecule has 2 atom stereocenters. The van der Waals surface area contributed by atoms with Crippen LogP contribution in [0.5, 0.6) is 0 Å². The molecular weight excluding hydrogens is 500 g/mol. The molecule has 0 aromatic heterocycles. The standard InChI is InChI=1S/C31H38N4O3.C2H6/c1-5-35(33)28-15-14-26(21(4)30(28)32)27(17-29(36)38-6-2)23-12-13-25-20(3)18-34(19-24(25)16-23)31(37)22-10-8-7-9-11-22;1-2/h7-16,20,27H,5-6,17-19,32-33H2,1-4H3;1-2H3. The topological polar surface area (TPSA) is 102 Å². The molecular formula is C33H44N4O3. The Hall–Kier alpha value is -3.84. The Balaban J connectivity index is 0.00000216. The van der Waals surface area contributed by atoms with E-state index in [0.717, 1.165) is 27.9 Å². The van der Waals surface area contributed by atoms with Crippen LogP contribution in [-0.4, -0.2) is 36.5 Å². The Morgan fingerprint density at radius 3 is 2.42 bits per heavy atom. The number of nitrogen functional groups attached to an aromatic ring is 1. The highest BCUT2D eigenvalue weighted by Crippen LogP contribution is 2.39. The summed E-state index contributed by atoms with van der Waals surface area (Å²) in [6.45, 7) is 14.0. The molecule has 3 aromatic rings. The SMILES string of the molecule is CC.CCOC(=O)CC(c1ccc2c(c1)CN(C(=O)c1ccccc1)CC2C)c1ccc(N(N)CC)c(N)c1C. The molecule has 4 N–H and O–H groups in total. The number of carbonyl (C=O) groups excluding carboxylic acids is 2. The third kappa shape index (κ3) is 6.65. The number of hydrogen-bond donors (Lipinski definition) is 2. The van der Waals surface area contributed by atoms with E-state index < -0.39 is 0 Å². The van der Waals surface area contributed by atoms with Gasteiger partial charge in [-0.05, 0) is 72.7 Å². The van der Waals surface area contributed by atoms with Crippen LogP contribution in [0.15, 0.2) is 60.7 Å². The van der Waals surface area contributed by atoms with E-state index in [1.807, 2.05) is 82.0 Å². The summed E-state index contributed by atoms with van der Waals surface area (Å²) in [6, 6.07) is 19.7. The Morgan fingerprint density at radius 2 is 1.77 bits per heavy atom. The number of nitrogens with two attached hydrogens (primary N) is 2. The van der Waals surface area contributed by atoms with E-state index in [4.69, 9.17) is 16.3 Å². The zero-order valence-corrected chi connectivity index (χ0v) is 24.7. The average molecular weight is 545 g/mol. The second kappa shape index (κ2) is 14.0. The van der Waals surface area contributed by atoms with Gasteiger partial charge < -0.3 is 20.4 Å². The molecule has 0 fully saturated rings. The molecule has 3 aromatic carbocycles. The monoisotopic (exact) mass is 544 g/mol. The molecule has 0 saturated heterocycles. The number of hydrazine groups is 1. The number of fused-ring (bicyclic) bond motifs is 1. The maximum atomic E-state index is 13.2. The smallest absolute Gasteiger partial charge is 0.306 e. The molecule has 1 heterocycles. The van der Waals surface area contributed by atoms with E-state index in [0.29, 0.717) is 37.5 Å². The first-order valence-electron chi connectivity index (χ1n) is 14.3. The van der Waals surface area contributed by atoms with Crippen molar-refractivity contribution < 1.29 is 14.3 Å². The molecule has 0 radical (unpaired) electrons. The average Bonchev–Trinajstić information content (AvgIpc) is 2.98. The van der Waals surface area contributed by atoms with Gasteiger partial charge in [0.15, 0.2) is 0 Å². The summed E-state index contributed by atoms with van der Waals surface area (Å²) >= 11 is 0. The predicted molar refractivity (Wildman–Crippen MR) is 163 cm³/mol. The Morgan fingerprint density at radius 1 is 1.07 bits per heavy atom. The van der Waals surface area contributed by atoms with Crippen LogP contribution in [0.4, 0.5) is 11.4 Å². The van der Waals surface area contributed by atoms with Crippen molar-refractivity contribution in [2.24, 2.45) is 5.84 Å². The van der Waals surface area contributed by atoms with Crippen LogP contribution in [0.25, 0.3) is 0 Å². The summed E-state index contributed by atoms with van der Waals surface area (Å²) in [5.74, 6) is 5.85. The quantitative estimate of drug-likeness (QED) is 0.153. The largest absolute Gasteiger partial charge is 0.466 e. The molecule has 7 heteroatoms. The van der Waals surface area contributed by atoms with E-state index in [1.165, 1.54) is 5.56 Å². The lowest BCUT2D eigenvalue weighted by Gasteiger charge is -2.34. The van der Waals surface area contributed by atoms with Crippen LogP contribution in [0, 0.1) is 6.92 Å². The summed E-state index contributed by atoms with van der Waals surface area (Å²) in [4.78, 5) is 27.9. The molecule has 214 valence electrons. The lowest BCUT2D eigenvalue weighted by Crippen LogP contribution is -2.37. The van der Waals surface area contributed by atoms with E-state index in [9.17, 15) is 9.59 Å². The number of carbonyl (C=O) groups is 2. The maximum absolute atomic E-state index is 13.2. The van der Waals surface area contributed by atoms with Crippen molar-refractivity contribution in [1.82, 2.24) is 4.90 Å². The second-order valence-electron chi connectivity index (χ2n) is 9.97. The highest BCUT2D eigenvalue weighted by Gasteiger charge is 2.29. The summed E-state index contributed by atoms with van der Waals surface area (Å²) in [7, 11) is 0. The van der Waals surface area contributed by atoms with Gasteiger partial charge in [0, 0.05) is 31.1 Å². The lowest BCUT2D eigenvalue weighted by molar-refractivity contribution is -0.143. The van der Waals surface area contributed by atoms with Crippen molar-refractivity contribution in [2.75, 3.05) is 30.4 Å². The Bertz CT molecular complexity index is 1310. The van der Waals surface area contributed by atoms with Gasteiger partial charge in [0.05, 0.1) is 24.4 Å². The third-order valence-electron chi connectivity index (χ3n) is 7.50. The van der Waals surface area contributed by atoms with Crippen molar-refractivity contribution in [3.63, 3.8) is 0 Å². The van der Waals surface area contributed by atoms with Crippen molar-refractivity contribution in [1.29, 1.82) is 0 Å². The van der Waals surface area contributed by atoms with Crippen LogP contribution < -0.4 is 16.6 Å². The molecule has 0 aliphatic carbocycles. The molecule has 4 rings (SSSR count). The van der Waals surface area contributed by atoms with Gasteiger partial charge in [-0.15, -0.1) is 0 Å². The number of esters is 1. The van der Waals surface area contributed by atoms with E-state index in [-0.39, 0.29) is 30.1 Å². The normalized spacial score (nSPS) is 14.9. The van der Waals surface area contributed by atoms with Gasteiger partial charge in [-0.3, -0.25) is 9.59 Å². The van der Waals surface area contributed by atoms with E-state index in [2.05, 4.69) is 25.1 Å². The summed E-state index contributed by atoms with van der Waals surface area (Å²) in [5.41, 5.74) is 13.8. The van der Waals surface area contributed by atoms with Crippen LogP contribution in [0.3, 0.4) is 0 Å². The number of rotatable bonds is 8. The van der Waals surface area contributed by atoms with Gasteiger partial charge >= 0.3 is 5.97 Å².